The van der Waals surface area contributed by atoms with E-state index in [2.05, 4.69) is 37.4 Å². The topological polar surface area (TPSA) is 94.3 Å². The van der Waals surface area contributed by atoms with E-state index in [1.54, 1.807) is 24.7 Å². The van der Waals surface area contributed by atoms with Crippen LogP contribution in [0.3, 0.4) is 0 Å². The zero-order valence-corrected chi connectivity index (χ0v) is 16.4. The molecule has 1 saturated heterocycles. The molecule has 0 atom stereocenters. The van der Waals surface area contributed by atoms with Crippen molar-refractivity contribution in [3.63, 3.8) is 0 Å². The Morgan fingerprint density at radius 1 is 1.17 bits per heavy atom. The maximum absolute atomic E-state index is 13.7. The lowest BCUT2D eigenvalue weighted by atomic mass is 9.95. The Balaban J connectivity index is 1.48. The number of pyridine rings is 1. The lowest BCUT2D eigenvalue weighted by Crippen LogP contribution is -2.29. The van der Waals surface area contributed by atoms with Crippen LogP contribution in [0.4, 0.5) is 10.1 Å². The summed E-state index contributed by atoms with van der Waals surface area (Å²) >= 11 is 0. The molecule has 0 amide bonds. The monoisotopic (exact) mass is 403 g/mol. The van der Waals surface area contributed by atoms with Crippen LogP contribution in [0.25, 0.3) is 33.7 Å². The molecular weight excluding hydrogens is 381 g/mol. The fourth-order valence-corrected chi connectivity index (χ4v) is 3.93. The summed E-state index contributed by atoms with van der Waals surface area (Å²) in [4.78, 5) is 12.4. The number of halogens is 1. The third-order valence-corrected chi connectivity index (χ3v) is 5.53. The quantitative estimate of drug-likeness (QED) is 0.403. The molecule has 30 heavy (non-hydrogen) atoms. The Morgan fingerprint density at radius 2 is 2.03 bits per heavy atom. The molecule has 8 heteroatoms. The van der Waals surface area contributed by atoms with Gasteiger partial charge in [-0.1, -0.05) is 18.7 Å². The number of aromatic amines is 2. The van der Waals surface area contributed by atoms with E-state index in [1.807, 2.05) is 6.07 Å². The number of allylic oxidation sites excluding steroid dienone is 1. The van der Waals surface area contributed by atoms with Gasteiger partial charge >= 0.3 is 0 Å². The number of H-pyrrole nitrogens is 2. The molecular formula is C22H22FN7. The number of hydrogen-bond acceptors (Lipinski definition) is 5. The number of imidazole rings is 1. The molecule has 0 spiro atoms. The maximum Gasteiger partial charge on any atom is 0.158 e. The van der Waals surface area contributed by atoms with Gasteiger partial charge in [-0.2, -0.15) is 5.10 Å². The molecule has 4 N–H and O–H groups in total. The fourth-order valence-electron chi connectivity index (χ4n) is 3.93. The minimum absolute atomic E-state index is 0.295. The van der Waals surface area contributed by atoms with Crippen LogP contribution in [0.2, 0.25) is 0 Å². The Hall–Kier alpha value is -3.52. The summed E-state index contributed by atoms with van der Waals surface area (Å²) in [5, 5.41) is 14.0. The third-order valence-electron chi connectivity index (χ3n) is 5.53. The summed E-state index contributed by atoms with van der Waals surface area (Å²) in [5.41, 5.74) is 5.53. The lowest BCUT2D eigenvalue weighted by molar-refractivity contribution is 0.422. The average Bonchev–Trinajstić information content (AvgIpc) is 3.40. The average molecular weight is 403 g/mol. The molecule has 7 nitrogen and oxygen atoms in total. The van der Waals surface area contributed by atoms with Crippen molar-refractivity contribution in [2.45, 2.75) is 12.8 Å². The van der Waals surface area contributed by atoms with Gasteiger partial charge < -0.3 is 15.6 Å². The summed E-state index contributed by atoms with van der Waals surface area (Å²) in [6, 6.07) is 6.43. The molecule has 1 fully saturated rings. The Labute approximate surface area is 172 Å². The van der Waals surface area contributed by atoms with E-state index in [1.165, 1.54) is 12.1 Å². The van der Waals surface area contributed by atoms with Gasteiger partial charge in [-0.25, -0.2) is 9.37 Å². The van der Waals surface area contributed by atoms with Crippen LogP contribution in [0, 0.1) is 11.7 Å². The van der Waals surface area contributed by atoms with Crippen molar-refractivity contribution < 1.29 is 4.39 Å². The molecule has 4 aromatic rings. The first-order chi connectivity index (χ1) is 14.7. The molecule has 5 rings (SSSR count). The van der Waals surface area contributed by atoms with Gasteiger partial charge in [0.2, 0.25) is 0 Å². The zero-order chi connectivity index (χ0) is 20.5. The van der Waals surface area contributed by atoms with E-state index in [0.717, 1.165) is 65.2 Å². The molecule has 1 aliphatic heterocycles. The highest BCUT2D eigenvalue weighted by atomic mass is 19.1. The Kier molecular flexibility index (Phi) is 4.76. The van der Waals surface area contributed by atoms with Gasteiger partial charge in [-0.15, -0.1) is 0 Å². The van der Waals surface area contributed by atoms with E-state index < -0.39 is 0 Å². The first-order valence-electron chi connectivity index (χ1n) is 9.99. The molecule has 0 unspecified atom stereocenters. The minimum atomic E-state index is -0.295. The van der Waals surface area contributed by atoms with Crippen molar-refractivity contribution in [1.82, 2.24) is 30.5 Å². The zero-order valence-electron chi connectivity index (χ0n) is 16.4. The summed E-state index contributed by atoms with van der Waals surface area (Å²) < 4.78 is 13.7. The smallest absolute Gasteiger partial charge is 0.158 e. The third kappa shape index (κ3) is 3.46. The van der Waals surface area contributed by atoms with Crippen LogP contribution in [-0.4, -0.2) is 38.2 Å². The standard InChI is InChI=1S/C22H22FN7/c1-13(14-5-7-24-8-6-14)27-19-12-26-30-21(19)22-28-18-11-25-10-17(20(18)29-22)15-3-2-4-16(23)9-15/h2-4,9-12,14,24,27H,1,5-8H2,(H,26,30)(H,28,29). The fraction of sp³-hybridized carbons (Fsp3) is 0.227. The number of rotatable bonds is 5. The highest BCUT2D eigenvalue weighted by molar-refractivity contribution is 5.93. The normalized spacial score (nSPS) is 14.8. The van der Waals surface area contributed by atoms with Gasteiger partial charge in [0.05, 0.1) is 29.1 Å². The van der Waals surface area contributed by atoms with Gasteiger partial charge in [0, 0.05) is 23.4 Å². The van der Waals surface area contributed by atoms with Crippen molar-refractivity contribution in [1.29, 1.82) is 0 Å². The van der Waals surface area contributed by atoms with E-state index in [9.17, 15) is 4.39 Å². The van der Waals surface area contributed by atoms with E-state index in [-0.39, 0.29) is 5.82 Å². The second-order valence-corrected chi connectivity index (χ2v) is 7.51. The molecule has 152 valence electrons. The van der Waals surface area contributed by atoms with Gasteiger partial charge in [0.15, 0.2) is 5.82 Å². The van der Waals surface area contributed by atoms with Crippen molar-refractivity contribution in [2.24, 2.45) is 5.92 Å². The van der Waals surface area contributed by atoms with Crippen LogP contribution < -0.4 is 10.6 Å². The minimum Gasteiger partial charge on any atom is -0.356 e. The number of aromatic nitrogens is 5. The molecule has 4 heterocycles. The first-order valence-corrected chi connectivity index (χ1v) is 9.99. The lowest BCUT2D eigenvalue weighted by Gasteiger charge is -2.25. The number of anilines is 1. The summed E-state index contributed by atoms with van der Waals surface area (Å²) in [7, 11) is 0. The maximum atomic E-state index is 13.7. The van der Waals surface area contributed by atoms with Crippen LogP contribution in [0.5, 0.6) is 0 Å². The molecule has 0 aliphatic carbocycles. The predicted molar refractivity (Wildman–Crippen MR) is 115 cm³/mol. The Bertz CT molecular complexity index is 1200. The number of fused-ring (bicyclic) bond motifs is 1. The highest BCUT2D eigenvalue weighted by Gasteiger charge is 2.20. The predicted octanol–water partition coefficient (Wildman–Crippen LogP) is 4.08. The second kappa shape index (κ2) is 7.72. The van der Waals surface area contributed by atoms with Crippen LogP contribution in [0.1, 0.15) is 12.8 Å². The van der Waals surface area contributed by atoms with Gasteiger partial charge in [-0.3, -0.25) is 10.1 Å². The Morgan fingerprint density at radius 3 is 2.87 bits per heavy atom. The van der Waals surface area contributed by atoms with E-state index >= 15 is 0 Å². The number of piperidine rings is 1. The molecule has 1 aliphatic rings. The number of nitrogens with zero attached hydrogens (tertiary/aromatic N) is 3. The summed E-state index contributed by atoms with van der Waals surface area (Å²) in [5.74, 6) is 0.763. The van der Waals surface area contributed by atoms with Gasteiger partial charge in [-0.05, 0) is 43.6 Å². The number of hydrogen-bond donors (Lipinski definition) is 4. The van der Waals surface area contributed by atoms with Crippen LogP contribution in [0.15, 0.2) is 55.1 Å². The molecule has 0 saturated carbocycles. The number of benzene rings is 1. The van der Waals surface area contributed by atoms with Crippen molar-refractivity contribution in [2.75, 3.05) is 18.4 Å². The largest absolute Gasteiger partial charge is 0.356 e. The number of nitrogens with one attached hydrogen (secondary N) is 4. The van der Waals surface area contributed by atoms with Crippen molar-refractivity contribution in [3.8, 4) is 22.6 Å². The molecule has 1 aromatic carbocycles. The molecule has 0 radical (unpaired) electrons. The first kappa shape index (κ1) is 18.5. The van der Waals surface area contributed by atoms with Gasteiger partial charge in [0.25, 0.3) is 0 Å². The van der Waals surface area contributed by atoms with Crippen molar-refractivity contribution >= 4 is 16.7 Å². The highest BCUT2D eigenvalue weighted by Crippen LogP contribution is 2.32. The SMILES string of the molecule is C=C(Nc1cn[nH]c1-c1nc2c(-c3cccc(F)c3)cncc2[nH]1)C1CCNCC1. The second-order valence-electron chi connectivity index (χ2n) is 7.51. The van der Waals surface area contributed by atoms with E-state index in [4.69, 9.17) is 4.98 Å². The van der Waals surface area contributed by atoms with Gasteiger partial charge in [0.1, 0.15) is 11.5 Å². The van der Waals surface area contributed by atoms with Crippen molar-refractivity contribution in [3.05, 3.63) is 60.9 Å². The molecule has 3 aromatic heterocycles. The van der Waals surface area contributed by atoms with Crippen LogP contribution >= 0.6 is 0 Å². The van der Waals surface area contributed by atoms with E-state index in [0.29, 0.717) is 11.7 Å². The van der Waals surface area contributed by atoms with Crippen LogP contribution in [-0.2, 0) is 0 Å². The summed E-state index contributed by atoms with van der Waals surface area (Å²) in [6.45, 7) is 6.24. The molecule has 0 bridgehead atoms. The summed E-state index contributed by atoms with van der Waals surface area (Å²) in [6.07, 6.45) is 7.28.